The minimum Gasteiger partial charge on any atom is -0.390 e. The number of piperidine rings is 1. The largest absolute Gasteiger partial charge is 0.390 e. The van der Waals surface area contributed by atoms with Crippen LogP contribution in [0.2, 0.25) is 0 Å². The highest BCUT2D eigenvalue weighted by atomic mass is 19.1. The van der Waals surface area contributed by atoms with Gasteiger partial charge in [-0.2, -0.15) is 0 Å². The van der Waals surface area contributed by atoms with E-state index in [2.05, 4.69) is 4.90 Å². The van der Waals surface area contributed by atoms with E-state index < -0.39 is 5.60 Å². The van der Waals surface area contributed by atoms with Crippen molar-refractivity contribution >= 4 is 0 Å². The fraction of sp³-hybridized carbons (Fsp3) is 0.647. The van der Waals surface area contributed by atoms with Gasteiger partial charge in [0, 0.05) is 25.6 Å². The molecule has 1 N–H and O–H groups in total. The van der Waals surface area contributed by atoms with Gasteiger partial charge in [0.2, 0.25) is 0 Å². The molecule has 1 heterocycles. The molecule has 3 heteroatoms. The Labute approximate surface area is 120 Å². The summed E-state index contributed by atoms with van der Waals surface area (Å²) in [5, 5.41) is 10.7. The monoisotopic (exact) mass is 277 g/mol. The van der Waals surface area contributed by atoms with E-state index >= 15 is 0 Å². The molecule has 0 spiro atoms. The van der Waals surface area contributed by atoms with Crippen LogP contribution in [-0.2, 0) is 6.54 Å². The van der Waals surface area contributed by atoms with Gasteiger partial charge in [0.15, 0.2) is 0 Å². The van der Waals surface area contributed by atoms with Crippen molar-refractivity contribution in [2.24, 2.45) is 5.92 Å². The van der Waals surface area contributed by atoms with Crippen LogP contribution in [0.1, 0.15) is 43.2 Å². The lowest BCUT2D eigenvalue weighted by Crippen LogP contribution is -2.53. The molecule has 1 aromatic carbocycles. The van der Waals surface area contributed by atoms with Gasteiger partial charge in [-0.1, -0.05) is 18.9 Å². The van der Waals surface area contributed by atoms with Crippen LogP contribution < -0.4 is 0 Å². The Morgan fingerprint density at radius 2 is 2.20 bits per heavy atom. The van der Waals surface area contributed by atoms with Crippen molar-refractivity contribution in [1.82, 2.24) is 4.90 Å². The molecule has 2 atom stereocenters. The van der Waals surface area contributed by atoms with Crippen molar-refractivity contribution in [3.8, 4) is 0 Å². The Morgan fingerprint density at radius 3 is 3.05 bits per heavy atom. The predicted molar refractivity (Wildman–Crippen MR) is 77.9 cm³/mol. The van der Waals surface area contributed by atoms with Crippen LogP contribution in [0.15, 0.2) is 18.2 Å². The summed E-state index contributed by atoms with van der Waals surface area (Å²) in [5.74, 6) is 0.246. The molecule has 1 saturated heterocycles. The van der Waals surface area contributed by atoms with Crippen molar-refractivity contribution in [2.75, 3.05) is 13.1 Å². The van der Waals surface area contributed by atoms with Crippen molar-refractivity contribution in [3.05, 3.63) is 35.1 Å². The van der Waals surface area contributed by atoms with Crippen molar-refractivity contribution in [2.45, 2.75) is 51.2 Å². The van der Waals surface area contributed by atoms with Crippen LogP contribution in [0, 0.1) is 18.7 Å². The molecule has 110 valence electrons. The number of rotatable bonds is 2. The van der Waals surface area contributed by atoms with Crippen molar-refractivity contribution < 1.29 is 9.50 Å². The zero-order chi connectivity index (χ0) is 14.2. The van der Waals surface area contributed by atoms with E-state index in [4.69, 9.17) is 0 Å². The summed E-state index contributed by atoms with van der Waals surface area (Å²) in [6.45, 7) is 4.71. The Balaban J connectivity index is 1.69. The Bertz CT molecular complexity index is 490. The fourth-order valence-electron chi connectivity index (χ4n) is 3.83. The lowest BCUT2D eigenvalue weighted by Gasteiger charge is -2.47. The second-order valence-corrected chi connectivity index (χ2v) is 6.60. The number of aliphatic hydroxyl groups is 1. The minimum atomic E-state index is -0.425. The zero-order valence-electron chi connectivity index (χ0n) is 12.2. The van der Waals surface area contributed by atoms with E-state index in [9.17, 15) is 9.50 Å². The molecule has 0 amide bonds. The Hall–Kier alpha value is -0.930. The standard InChI is InChI=1S/C17H24FNO/c1-13-5-6-16(18)10-14(13)11-19-9-8-17(20)7-3-2-4-15(17)12-19/h5-6,10,15,20H,2-4,7-9,11-12H2,1H3/t15-,17-/m0/s1. The number of nitrogens with zero attached hydrogens (tertiary/aromatic N) is 1. The molecular weight excluding hydrogens is 253 g/mol. The van der Waals surface area contributed by atoms with E-state index in [0.717, 1.165) is 56.4 Å². The first-order valence-corrected chi connectivity index (χ1v) is 7.77. The average molecular weight is 277 g/mol. The van der Waals surface area contributed by atoms with E-state index in [1.807, 2.05) is 13.0 Å². The SMILES string of the molecule is Cc1ccc(F)cc1CN1CC[C@@]2(O)CCCC[C@H]2C1. The quantitative estimate of drug-likeness (QED) is 0.897. The van der Waals surface area contributed by atoms with Crippen molar-refractivity contribution in [3.63, 3.8) is 0 Å². The molecule has 1 aliphatic carbocycles. The third-order valence-electron chi connectivity index (χ3n) is 5.22. The molecular formula is C17H24FNO. The van der Waals surface area contributed by atoms with Crippen LogP contribution in [0.4, 0.5) is 4.39 Å². The molecule has 1 aromatic rings. The van der Waals surface area contributed by atoms with Gasteiger partial charge in [-0.3, -0.25) is 4.90 Å². The Kier molecular flexibility index (Phi) is 3.83. The van der Waals surface area contributed by atoms with E-state index in [-0.39, 0.29) is 5.82 Å². The van der Waals surface area contributed by atoms with Gasteiger partial charge in [0.05, 0.1) is 5.60 Å². The highest BCUT2D eigenvalue weighted by Gasteiger charge is 2.42. The van der Waals surface area contributed by atoms with Gasteiger partial charge in [0.25, 0.3) is 0 Å². The summed E-state index contributed by atoms with van der Waals surface area (Å²) in [7, 11) is 0. The number of hydrogen-bond donors (Lipinski definition) is 1. The maximum atomic E-state index is 13.4. The molecule has 0 bridgehead atoms. The lowest BCUT2D eigenvalue weighted by atomic mass is 9.71. The molecule has 0 aromatic heterocycles. The Morgan fingerprint density at radius 1 is 1.35 bits per heavy atom. The van der Waals surface area contributed by atoms with Crippen LogP contribution in [0.25, 0.3) is 0 Å². The smallest absolute Gasteiger partial charge is 0.123 e. The number of aryl methyl sites for hydroxylation is 1. The van der Waals surface area contributed by atoms with Gasteiger partial charge in [-0.15, -0.1) is 0 Å². The molecule has 2 fully saturated rings. The minimum absolute atomic E-state index is 0.156. The second kappa shape index (κ2) is 5.45. The van der Waals surface area contributed by atoms with Gasteiger partial charge >= 0.3 is 0 Å². The predicted octanol–water partition coefficient (Wildman–Crippen LogP) is 3.26. The lowest BCUT2D eigenvalue weighted by molar-refractivity contribution is -0.0968. The molecule has 0 unspecified atom stereocenters. The van der Waals surface area contributed by atoms with Gasteiger partial charge in [-0.05, 0) is 49.4 Å². The number of benzene rings is 1. The maximum Gasteiger partial charge on any atom is 0.123 e. The first kappa shape index (κ1) is 14.0. The first-order chi connectivity index (χ1) is 9.57. The highest BCUT2D eigenvalue weighted by molar-refractivity contribution is 5.26. The van der Waals surface area contributed by atoms with Gasteiger partial charge in [0.1, 0.15) is 5.82 Å². The molecule has 3 rings (SSSR count). The zero-order valence-corrected chi connectivity index (χ0v) is 12.2. The molecule has 1 aliphatic heterocycles. The van der Waals surface area contributed by atoms with Crippen LogP contribution >= 0.6 is 0 Å². The van der Waals surface area contributed by atoms with E-state index in [0.29, 0.717) is 5.92 Å². The summed E-state index contributed by atoms with van der Waals surface area (Å²) in [6.07, 6.45) is 5.36. The number of hydrogen-bond acceptors (Lipinski definition) is 2. The van der Waals surface area contributed by atoms with Crippen LogP contribution in [-0.4, -0.2) is 28.7 Å². The molecule has 1 saturated carbocycles. The third-order valence-corrected chi connectivity index (χ3v) is 5.22. The molecule has 2 nitrogen and oxygen atoms in total. The highest BCUT2D eigenvalue weighted by Crippen LogP contribution is 2.40. The average Bonchev–Trinajstić information content (AvgIpc) is 2.43. The van der Waals surface area contributed by atoms with Gasteiger partial charge < -0.3 is 5.11 Å². The van der Waals surface area contributed by atoms with Crippen LogP contribution in [0.5, 0.6) is 0 Å². The topological polar surface area (TPSA) is 23.5 Å². The maximum absolute atomic E-state index is 13.4. The second-order valence-electron chi connectivity index (χ2n) is 6.60. The summed E-state index contributed by atoms with van der Waals surface area (Å²) >= 11 is 0. The molecule has 0 radical (unpaired) electrons. The van der Waals surface area contributed by atoms with Gasteiger partial charge in [-0.25, -0.2) is 4.39 Å². The first-order valence-electron chi connectivity index (χ1n) is 7.77. The normalized spacial score (nSPS) is 31.1. The summed E-state index contributed by atoms with van der Waals surface area (Å²) < 4.78 is 13.4. The summed E-state index contributed by atoms with van der Waals surface area (Å²) in [6, 6.07) is 5.03. The molecule has 20 heavy (non-hydrogen) atoms. The number of likely N-dealkylation sites (tertiary alicyclic amines) is 1. The molecule has 2 aliphatic rings. The van der Waals surface area contributed by atoms with E-state index in [1.165, 1.54) is 12.5 Å². The number of halogens is 1. The number of fused-ring (bicyclic) bond motifs is 1. The van der Waals surface area contributed by atoms with Crippen molar-refractivity contribution in [1.29, 1.82) is 0 Å². The summed E-state index contributed by atoms with van der Waals surface area (Å²) in [5.41, 5.74) is 1.80. The summed E-state index contributed by atoms with van der Waals surface area (Å²) in [4.78, 5) is 2.38. The van der Waals surface area contributed by atoms with Crippen LogP contribution in [0.3, 0.4) is 0 Å². The fourth-order valence-corrected chi connectivity index (χ4v) is 3.83. The van der Waals surface area contributed by atoms with E-state index in [1.54, 1.807) is 6.07 Å². The third kappa shape index (κ3) is 2.75.